The van der Waals surface area contributed by atoms with E-state index in [-0.39, 0.29) is 0 Å². The van der Waals surface area contributed by atoms with Crippen LogP contribution in [0.4, 0.5) is 0 Å². The van der Waals surface area contributed by atoms with Crippen molar-refractivity contribution < 1.29 is 0 Å². The zero-order valence-electron chi connectivity index (χ0n) is 6.24. The number of nitriles is 1. The van der Waals surface area contributed by atoms with E-state index in [2.05, 4.69) is 5.10 Å². The maximum absolute atomic E-state index is 8.50. The monoisotopic (exact) mass is 172 g/mol. The molecule has 0 N–H and O–H groups in total. The van der Waals surface area contributed by atoms with Crippen LogP contribution in [-0.2, 0) is 0 Å². The molecule has 0 bridgehead atoms. The molecule has 1 atom stereocenters. The van der Waals surface area contributed by atoms with Gasteiger partial charge in [0.2, 0.25) is 5.62 Å². The standard InChI is InChI=1S/C6H9ClN4/c1-2-3-11-6(7)10(4-8)5-9-11/h5-6H,2-3H2,1H3. The smallest absolute Gasteiger partial charge is 0.208 e. The summed E-state index contributed by atoms with van der Waals surface area (Å²) >= 11 is 5.83. The molecule has 0 saturated carbocycles. The molecule has 0 saturated heterocycles. The Bertz CT molecular complexity index is 197. The van der Waals surface area contributed by atoms with Crippen LogP contribution in [0.3, 0.4) is 0 Å². The molecule has 1 rings (SSSR count). The molecule has 0 aromatic carbocycles. The van der Waals surface area contributed by atoms with Crippen LogP contribution < -0.4 is 0 Å². The molecule has 60 valence electrons. The van der Waals surface area contributed by atoms with Crippen molar-refractivity contribution in [1.29, 1.82) is 5.26 Å². The molecule has 4 nitrogen and oxygen atoms in total. The molecule has 1 heterocycles. The van der Waals surface area contributed by atoms with Gasteiger partial charge in [-0.25, -0.2) is 4.90 Å². The van der Waals surface area contributed by atoms with Crippen LogP contribution in [0.2, 0.25) is 0 Å². The summed E-state index contributed by atoms with van der Waals surface area (Å²) in [7, 11) is 0. The molecule has 0 fully saturated rings. The first kappa shape index (κ1) is 8.15. The lowest BCUT2D eigenvalue weighted by Crippen LogP contribution is -2.32. The molecule has 0 radical (unpaired) electrons. The highest BCUT2D eigenvalue weighted by atomic mass is 35.5. The lowest BCUT2D eigenvalue weighted by Gasteiger charge is -2.19. The highest BCUT2D eigenvalue weighted by Gasteiger charge is 2.24. The number of nitrogens with zero attached hydrogens (tertiary/aromatic N) is 4. The Balaban J connectivity index is 2.51. The first-order chi connectivity index (χ1) is 5.29. The fourth-order valence-corrected chi connectivity index (χ4v) is 1.08. The summed E-state index contributed by atoms with van der Waals surface area (Å²) in [5, 5.41) is 14.1. The summed E-state index contributed by atoms with van der Waals surface area (Å²) in [6.45, 7) is 2.82. The molecule has 5 heteroatoms. The van der Waals surface area contributed by atoms with Crippen molar-refractivity contribution in [3.05, 3.63) is 0 Å². The van der Waals surface area contributed by atoms with Gasteiger partial charge >= 0.3 is 0 Å². The van der Waals surface area contributed by atoms with Gasteiger partial charge < -0.3 is 0 Å². The quantitative estimate of drug-likeness (QED) is 0.354. The van der Waals surface area contributed by atoms with Crippen molar-refractivity contribution in [2.24, 2.45) is 5.10 Å². The summed E-state index contributed by atoms with van der Waals surface area (Å²) in [6, 6.07) is 0. The van der Waals surface area contributed by atoms with Crippen LogP contribution in [0.1, 0.15) is 13.3 Å². The molecule has 1 aliphatic rings. The molecular formula is C6H9ClN4. The van der Waals surface area contributed by atoms with Crippen molar-refractivity contribution >= 4 is 17.9 Å². The largest absolute Gasteiger partial charge is 0.258 e. The summed E-state index contributed by atoms with van der Waals surface area (Å²) in [4.78, 5) is 1.30. The van der Waals surface area contributed by atoms with Crippen LogP contribution in [0, 0.1) is 11.5 Å². The Morgan fingerprint density at radius 2 is 2.55 bits per heavy atom. The zero-order chi connectivity index (χ0) is 8.27. The first-order valence-electron chi connectivity index (χ1n) is 3.42. The Labute approximate surface area is 70.6 Å². The van der Waals surface area contributed by atoms with E-state index in [1.807, 2.05) is 13.1 Å². The Hall–Kier alpha value is -0.950. The Morgan fingerprint density at radius 1 is 1.82 bits per heavy atom. The van der Waals surface area contributed by atoms with Crippen LogP contribution in [-0.4, -0.2) is 28.4 Å². The van der Waals surface area contributed by atoms with Crippen LogP contribution in [0.5, 0.6) is 0 Å². The van der Waals surface area contributed by atoms with E-state index in [4.69, 9.17) is 16.9 Å². The Kier molecular flexibility index (Phi) is 2.55. The molecule has 1 unspecified atom stereocenters. The molecule has 11 heavy (non-hydrogen) atoms. The van der Waals surface area contributed by atoms with Crippen LogP contribution in [0.25, 0.3) is 0 Å². The highest BCUT2D eigenvalue weighted by Crippen LogP contribution is 2.14. The summed E-state index contributed by atoms with van der Waals surface area (Å²) in [6.07, 6.45) is 4.32. The summed E-state index contributed by atoms with van der Waals surface area (Å²) in [5.74, 6) is 0. The average molecular weight is 173 g/mol. The van der Waals surface area contributed by atoms with Gasteiger partial charge in [-0.15, -0.1) is 0 Å². The second kappa shape index (κ2) is 3.44. The summed E-state index contributed by atoms with van der Waals surface area (Å²) in [5.41, 5.74) is -0.431. The lowest BCUT2D eigenvalue weighted by molar-refractivity contribution is 0.232. The lowest BCUT2D eigenvalue weighted by atomic mass is 10.5. The van der Waals surface area contributed by atoms with Crippen LogP contribution in [0.15, 0.2) is 5.10 Å². The average Bonchev–Trinajstić information content (AvgIpc) is 2.34. The second-order valence-corrected chi connectivity index (χ2v) is 2.60. The normalized spacial score (nSPS) is 22.5. The molecule has 0 aromatic heterocycles. The van der Waals surface area contributed by atoms with E-state index in [1.54, 1.807) is 5.01 Å². The zero-order valence-corrected chi connectivity index (χ0v) is 6.99. The minimum absolute atomic E-state index is 0.431. The van der Waals surface area contributed by atoms with E-state index in [9.17, 15) is 0 Å². The third kappa shape index (κ3) is 1.55. The van der Waals surface area contributed by atoms with Crippen molar-refractivity contribution in [3.8, 4) is 6.19 Å². The second-order valence-electron chi connectivity index (χ2n) is 2.21. The molecule has 0 aliphatic carbocycles. The van der Waals surface area contributed by atoms with Gasteiger partial charge in [-0.05, 0) is 6.42 Å². The number of rotatable bonds is 2. The third-order valence-corrected chi connectivity index (χ3v) is 1.80. The fraction of sp³-hybridized carbons (Fsp3) is 0.667. The number of hydrogen-bond donors (Lipinski definition) is 0. The maximum atomic E-state index is 8.50. The minimum Gasteiger partial charge on any atom is -0.258 e. The van der Waals surface area contributed by atoms with Gasteiger partial charge in [0.05, 0.1) is 0 Å². The minimum atomic E-state index is -0.431. The van der Waals surface area contributed by atoms with Gasteiger partial charge in [0.25, 0.3) is 0 Å². The van der Waals surface area contributed by atoms with Crippen LogP contribution >= 0.6 is 11.6 Å². The van der Waals surface area contributed by atoms with E-state index in [0.717, 1.165) is 13.0 Å². The SMILES string of the molecule is CCCN1N=CN(C#N)C1Cl. The number of hydrazone groups is 1. The van der Waals surface area contributed by atoms with E-state index < -0.39 is 5.62 Å². The van der Waals surface area contributed by atoms with Gasteiger partial charge in [0.15, 0.2) is 6.19 Å². The number of halogens is 1. The van der Waals surface area contributed by atoms with Gasteiger partial charge in [0.1, 0.15) is 6.34 Å². The van der Waals surface area contributed by atoms with Gasteiger partial charge in [-0.2, -0.15) is 10.4 Å². The fourth-order valence-electron chi connectivity index (χ4n) is 0.842. The van der Waals surface area contributed by atoms with E-state index in [0.29, 0.717) is 0 Å². The predicted molar refractivity (Wildman–Crippen MR) is 42.6 cm³/mol. The van der Waals surface area contributed by atoms with Crippen molar-refractivity contribution in [3.63, 3.8) is 0 Å². The summed E-state index contributed by atoms with van der Waals surface area (Å²) < 4.78 is 0. The van der Waals surface area contributed by atoms with Crippen molar-refractivity contribution in [1.82, 2.24) is 9.91 Å². The topological polar surface area (TPSA) is 42.6 Å². The third-order valence-electron chi connectivity index (χ3n) is 1.37. The van der Waals surface area contributed by atoms with Gasteiger partial charge in [0, 0.05) is 6.54 Å². The van der Waals surface area contributed by atoms with Gasteiger partial charge in [-0.3, -0.25) is 5.01 Å². The number of alkyl halides is 1. The first-order valence-corrected chi connectivity index (χ1v) is 3.86. The molecule has 1 aliphatic heterocycles. The Morgan fingerprint density at radius 3 is 3.00 bits per heavy atom. The van der Waals surface area contributed by atoms with Gasteiger partial charge in [-0.1, -0.05) is 18.5 Å². The highest BCUT2D eigenvalue weighted by molar-refractivity contribution is 6.21. The maximum Gasteiger partial charge on any atom is 0.208 e. The molecule has 0 aromatic rings. The molecule has 0 spiro atoms. The number of hydrogen-bond acceptors (Lipinski definition) is 4. The molecular weight excluding hydrogens is 164 g/mol. The van der Waals surface area contributed by atoms with E-state index >= 15 is 0 Å². The van der Waals surface area contributed by atoms with E-state index in [1.165, 1.54) is 11.2 Å². The predicted octanol–water partition coefficient (Wildman–Crippen LogP) is 0.961. The van der Waals surface area contributed by atoms with Crippen molar-refractivity contribution in [2.45, 2.75) is 19.0 Å². The molecule has 0 amide bonds. The van der Waals surface area contributed by atoms with Crippen molar-refractivity contribution in [2.75, 3.05) is 6.54 Å².